The van der Waals surface area contributed by atoms with Crippen LogP contribution in [0, 0.1) is 0 Å². The topological polar surface area (TPSA) is 55.8 Å². The van der Waals surface area contributed by atoms with Gasteiger partial charge in [0, 0.05) is 13.2 Å². The second-order valence-corrected chi connectivity index (χ2v) is 4.99. The van der Waals surface area contributed by atoms with Gasteiger partial charge in [0.2, 0.25) is 0 Å². The van der Waals surface area contributed by atoms with Crippen molar-refractivity contribution in [3.8, 4) is 0 Å². The van der Waals surface area contributed by atoms with Crippen LogP contribution in [-0.2, 0) is 14.3 Å². The Morgan fingerprint density at radius 3 is 2.35 bits per heavy atom. The Bertz CT molecular complexity index is 187. The SMILES string of the molecule is CCCCCCOCCOCCC(Br)C(=O)O. The largest absolute Gasteiger partial charge is 0.480 e. The number of carboxylic acids is 1. The molecule has 17 heavy (non-hydrogen) atoms. The van der Waals surface area contributed by atoms with Crippen molar-refractivity contribution in [2.24, 2.45) is 0 Å². The van der Waals surface area contributed by atoms with Crippen LogP contribution in [0.2, 0.25) is 0 Å². The number of carboxylic acid groups (broad SMARTS) is 1. The average Bonchev–Trinajstić information content (AvgIpc) is 2.31. The Morgan fingerprint density at radius 1 is 1.12 bits per heavy atom. The first-order valence-electron chi connectivity index (χ1n) is 6.20. The fourth-order valence-corrected chi connectivity index (χ4v) is 1.45. The van der Waals surface area contributed by atoms with Crippen molar-refractivity contribution in [1.82, 2.24) is 0 Å². The van der Waals surface area contributed by atoms with E-state index in [1.54, 1.807) is 0 Å². The zero-order valence-corrected chi connectivity index (χ0v) is 12.1. The minimum Gasteiger partial charge on any atom is -0.480 e. The maximum atomic E-state index is 10.5. The fourth-order valence-electron chi connectivity index (χ4n) is 1.26. The molecule has 0 saturated heterocycles. The summed E-state index contributed by atoms with van der Waals surface area (Å²) in [5.74, 6) is -0.847. The van der Waals surface area contributed by atoms with Crippen LogP contribution in [0.25, 0.3) is 0 Å². The third-order valence-corrected chi connectivity index (χ3v) is 3.15. The average molecular weight is 311 g/mol. The Hall–Kier alpha value is -0.130. The van der Waals surface area contributed by atoms with E-state index >= 15 is 0 Å². The van der Waals surface area contributed by atoms with E-state index in [1.807, 2.05) is 0 Å². The monoisotopic (exact) mass is 310 g/mol. The van der Waals surface area contributed by atoms with Crippen LogP contribution in [0.15, 0.2) is 0 Å². The van der Waals surface area contributed by atoms with E-state index in [0.29, 0.717) is 26.2 Å². The van der Waals surface area contributed by atoms with Crippen molar-refractivity contribution >= 4 is 21.9 Å². The number of aliphatic carboxylic acids is 1. The molecule has 1 N–H and O–H groups in total. The van der Waals surface area contributed by atoms with E-state index in [9.17, 15) is 4.79 Å². The summed E-state index contributed by atoms with van der Waals surface area (Å²) in [5, 5.41) is 8.60. The molecule has 4 nitrogen and oxygen atoms in total. The van der Waals surface area contributed by atoms with Gasteiger partial charge >= 0.3 is 5.97 Å². The Balaban J connectivity index is 3.06. The maximum absolute atomic E-state index is 10.5. The van der Waals surface area contributed by atoms with Gasteiger partial charge in [-0.1, -0.05) is 42.1 Å². The summed E-state index contributed by atoms with van der Waals surface area (Å²) in [6.45, 7) is 4.54. The lowest BCUT2D eigenvalue weighted by Gasteiger charge is -2.07. The molecule has 0 aliphatic carbocycles. The molecule has 0 heterocycles. The summed E-state index contributed by atoms with van der Waals surface area (Å²) >= 11 is 3.05. The number of unbranched alkanes of at least 4 members (excludes halogenated alkanes) is 3. The van der Waals surface area contributed by atoms with Gasteiger partial charge in [-0.2, -0.15) is 0 Å². The van der Waals surface area contributed by atoms with Gasteiger partial charge in [-0.3, -0.25) is 4.79 Å². The van der Waals surface area contributed by atoms with Gasteiger partial charge in [0.05, 0.1) is 13.2 Å². The molecule has 0 aliphatic heterocycles. The number of alkyl halides is 1. The van der Waals surface area contributed by atoms with Crippen LogP contribution < -0.4 is 0 Å². The molecule has 0 aromatic heterocycles. The highest BCUT2D eigenvalue weighted by Crippen LogP contribution is 2.04. The van der Waals surface area contributed by atoms with Gasteiger partial charge in [-0.15, -0.1) is 0 Å². The number of carbonyl (C=O) groups is 1. The van der Waals surface area contributed by atoms with Crippen molar-refractivity contribution in [1.29, 1.82) is 0 Å². The number of hydrogen-bond donors (Lipinski definition) is 1. The Kier molecular flexibility index (Phi) is 12.2. The molecule has 1 unspecified atom stereocenters. The van der Waals surface area contributed by atoms with E-state index in [1.165, 1.54) is 19.3 Å². The lowest BCUT2D eigenvalue weighted by Crippen LogP contribution is -2.16. The van der Waals surface area contributed by atoms with Gasteiger partial charge in [0.1, 0.15) is 4.83 Å². The highest BCUT2D eigenvalue weighted by Gasteiger charge is 2.11. The minimum absolute atomic E-state index is 0.446. The number of hydrogen-bond acceptors (Lipinski definition) is 3. The summed E-state index contributed by atoms with van der Waals surface area (Å²) in [6, 6.07) is 0. The van der Waals surface area contributed by atoms with Gasteiger partial charge in [-0.05, 0) is 12.8 Å². The maximum Gasteiger partial charge on any atom is 0.317 e. The molecule has 0 fully saturated rings. The smallest absolute Gasteiger partial charge is 0.317 e. The summed E-state index contributed by atoms with van der Waals surface area (Å²) < 4.78 is 10.6. The van der Waals surface area contributed by atoms with Crippen LogP contribution in [0.3, 0.4) is 0 Å². The van der Waals surface area contributed by atoms with Gasteiger partial charge in [0.25, 0.3) is 0 Å². The molecule has 0 radical (unpaired) electrons. The Labute approximate surface area is 112 Å². The third kappa shape index (κ3) is 12.1. The molecule has 0 amide bonds. The molecule has 0 bridgehead atoms. The van der Waals surface area contributed by atoms with Crippen molar-refractivity contribution in [2.45, 2.75) is 43.9 Å². The number of ether oxygens (including phenoxy) is 2. The van der Waals surface area contributed by atoms with Crippen LogP contribution in [0.5, 0.6) is 0 Å². The van der Waals surface area contributed by atoms with Crippen LogP contribution in [0.1, 0.15) is 39.0 Å². The summed E-state index contributed by atoms with van der Waals surface area (Å²) in [4.78, 5) is 9.95. The zero-order valence-electron chi connectivity index (χ0n) is 10.5. The quantitative estimate of drug-likeness (QED) is 0.445. The predicted molar refractivity (Wildman–Crippen MR) is 70.7 cm³/mol. The molecule has 1 atom stereocenters. The number of halogens is 1. The van der Waals surface area contributed by atoms with Gasteiger partial charge < -0.3 is 14.6 Å². The second kappa shape index (κ2) is 12.3. The van der Waals surface area contributed by atoms with E-state index in [0.717, 1.165) is 13.0 Å². The van der Waals surface area contributed by atoms with E-state index in [-0.39, 0.29) is 0 Å². The molecule has 0 aliphatic rings. The van der Waals surface area contributed by atoms with E-state index < -0.39 is 10.8 Å². The predicted octanol–water partition coefficient (Wildman–Crippen LogP) is 2.84. The molecule has 5 heteroatoms. The molecule has 102 valence electrons. The normalized spacial score (nSPS) is 12.6. The van der Waals surface area contributed by atoms with Crippen LogP contribution >= 0.6 is 15.9 Å². The molecule has 0 rings (SSSR count). The molecule has 0 spiro atoms. The molecule has 0 aromatic carbocycles. The van der Waals surface area contributed by atoms with E-state index in [2.05, 4.69) is 22.9 Å². The van der Waals surface area contributed by atoms with Crippen molar-refractivity contribution in [3.05, 3.63) is 0 Å². The van der Waals surface area contributed by atoms with Crippen molar-refractivity contribution < 1.29 is 19.4 Å². The first-order valence-corrected chi connectivity index (χ1v) is 7.12. The third-order valence-electron chi connectivity index (χ3n) is 2.30. The first kappa shape index (κ1) is 16.9. The Morgan fingerprint density at radius 2 is 1.76 bits per heavy atom. The second-order valence-electron chi connectivity index (χ2n) is 3.88. The van der Waals surface area contributed by atoms with Crippen LogP contribution in [-0.4, -0.2) is 42.3 Å². The van der Waals surface area contributed by atoms with Crippen molar-refractivity contribution in [3.63, 3.8) is 0 Å². The highest BCUT2D eigenvalue weighted by molar-refractivity contribution is 9.10. The van der Waals surface area contributed by atoms with Crippen LogP contribution in [0.4, 0.5) is 0 Å². The lowest BCUT2D eigenvalue weighted by molar-refractivity contribution is -0.136. The molecule has 0 saturated carbocycles. The summed E-state index contributed by atoms with van der Waals surface area (Å²) in [5.41, 5.74) is 0. The number of rotatable bonds is 12. The zero-order chi connectivity index (χ0) is 12.9. The molecule has 0 aromatic rings. The van der Waals surface area contributed by atoms with Gasteiger partial charge in [0.15, 0.2) is 0 Å². The molecular weight excluding hydrogens is 288 g/mol. The fraction of sp³-hybridized carbons (Fsp3) is 0.917. The van der Waals surface area contributed by atoms with E-state index in [4.69, 9.17) is 14.6 Å². The van der Waals surface area contributed by atoms with Crippen molar-refractivity contribution in [2.75, 3.05) is 26.4 Å². The minimum atomic E-state index is -0.847. The van der Waals surface area contributed by atoms with Gasteiger partial charge in [-0.25, -0.2) is 0 Å². The summed E-state index contributed by atoms with van der Waals surface area (Å²) in [7, 11) is 0. The molecular formula is C12H23BrO4. The lowest BCUT2D eigenvalue weighted by atomic mass is 10.2. The highest BCUT2D eigenvalue weighted by atomic mass is 79.9. The standard InChI is InChI=1S/C12H23BrO4/c1-2-3-4-5-7-16-9-10-17-8-6-11(13)12(14)15/h11H,2-10H2,1H3,(H,14,15). The first-order chi connectivity index (χ1) is 8.18. The summed E-state index contributed by atoms with van der Waals surface area (Å²) in [6.07, 6.45) is 5.31.